The van der Waals surface area contributed by atoms with Crippen LogP contribution >= 0.6 is 0 Å². The summed E-state index contributed by atoms with van der Waals surface area (Å²) in [6.07, 6.45) is 3.84. The van der Waals surface area contributed by atoms with Crippen LogP contribution in [-0.2, 0) is 25.4 Å². The van der Waals surface area contributed by atoms with E-state index in [4.69, 9.17) is 18.9 Å². The fourth-order valence-electron chi connectivity index (χ4n) is 5.30. The van der Waals surface area contributed by atoms with Crippen molar-refractivity contribution in [2.75, 3.05) is 13.2 Å². The first-order chi connectivity index (χ1) is 19.8. The highest BCUT2D eigenvalue weighted by Gasteiger charge is 2.45. The molecule has 0 aliphatic rings. The van der Waals surface area contributed by atoms with E-state index in [1.165, 1.54) is 11.1 Å². The Bertz CT molecular complexity index is 1050. The molecule has 0 saturated heterocycles. The van der Waals surface area contributed by atoms with Crippen molar-refractivity contribution in [2.24, 2.45) is 10.8 Å². The monoisotopic (exact) mass is 596 g/mol. The molecule has 0 saturated carbocycles. The summed E-state index contributed by atoms with van der Waals surface area (Å²) < 4.78 is 26.3. The molecule has 0 bridgehead atoms. The van der Waals surface area contributed by atoms with Gasteiger partial charge in [-0.05, 0) is 98.1 Å². The van der Waals surface area contributed by atoms with Gasteiger partial charge in [0.05, 0.1) is 35.1 Å². The SMILES string of the molecule is CC(C)OC(C)C(C)(C)C(C)(C)OCCC(C)(C)C(C)(C)OC(CC(C)(C)OCCCc1ccccc1)c1ccccc1. The number of aryl methyl sites for hydroxylation is 1. The van der Waals surface area contributed by atoms with Crippen molar-refractivity contribution >= 4 is 0 Å². The molecule has 0 spiro atoms. The molecule has 4 heteroatoms. The predicted molar refractivity (Wildman–Crippen MR) is 182 cm³/mol. The van der Waals surface area contributed by atoms with Gasteiger partial charge in [-0.15, -0.1) is 0 Å². The fraction of sp³-hybridized carbons (Fsp3) is 0.692. The van der Waals surface area contributed by atoms with Gasteiger partial charge >= 0.3 is 0 Å². The number of hydrogen-bond acceptors (Lipinski definition) is 4. The Morgan fingerprint density at radius 3 is 1.77 bits per heavy atom. The molecule has 2 rings (SSSR count). The van der Waals surface area contributed by atoms with Crippen molar-refractivity contribution < 1.29 is 18.9 Å². The Kier molecular flexibility index (Phi) is 13.5. The van der Waals surface area contributed by atoms with Gasteiger partial charge in [-0.3, -0.25) is 0 Å². The van der Waals surface area contributed by atoms with Crippen LogP contribution in [0.5, 0.6) is 0 Å². The standard InChI is InChI=1S/C39H64O4/c1-30(2)42-31(3)37(8,9)39(12,13)41-28-26-35(4,5)38(10,11)43-34(33-24-18-15-19-25-33)29-36(6,7)40-27-20-23-32-21-16-14-17-22-32/h14-19,21-22,24-25,30-31,34H,20,23,26-29H2,1-13H3. The largest absolute Gasteiger partial charge is 0.375 e. The Morgan fingerprint density at radius 2 is 1.21 bits per heavy atom. The highest BCUT2D eigenvalue weighted by Crippen LogP contribution is 2.44. The van der Waals surface area contributed by atoms with E-state index in [9.17, 15) is 0 Å². The molecule has 0 aliphatic carbocycles. The first kappa shape index (κ1) is 37.5. The van der Waals surface area contributed by atoms with Gasteiger partial charge in [0.1, 0.15) is 0 Å². The molecule has 43 heavy (non-hydrogen) atoms. The minimum atomic E-state index is -0.409. The van der Waals surface area contributed by atoms with Crippen molar-refractivity contribution in [2.45, 2.75) is 151 Å². The lowest BCUT2D eigenvalue weighted by molar-refractivity contribution is -0.184. The van der Waals surface area contributed by atoms with Crippen LogP contribution in [0.2, 0.25) is 0 Å². The minimum absolute atomic E-state index is 0.0748. The normalized spacial score (nSPS) is 15.1. The molecular weight excluding hydrogens is 532 g/mol. The van der Waals surface area contributed by atoms with Crippen LogP contribution in [0.3, 0.4) is 0 Å². The lowest BCUT2D eigenvalue weighted by atomic mass is 9.72. The molecule has 0 radical (unpaired) electrons. The topological polar surface area (TPSA) is 36.9 Å². The van der Waals surface area contributed by atoms with E-state index in [2.05, 4.69) is 151 Å². The van der Waals surface area contributed by atoms with E-state index in [0.717, 1.165) is 32.3 Å². The smallest absolute Gasteiger partial charge is 0.0859 e. The molecular formula is C39H64O4. The quantitative estimate of drug-likeness (QED) is 0.151. The average molecular weight is 597 g/mol. The molecule has 0 amide bonds. The third-order valence-electron chi connectivity index (χ3n) is 10.1. The van der Waals surface area contributed by atoms with Crippen molar-refractivity contribution in [3.63, 3.8) is 0 Å². The molecule has 4 nitrogen and oxygen atoms in total. The Hall–Kier alpha value is -1.72. The first-order valence-electron chi connectivity index (χ1n) is 16.5. The second-order valence-electron chi connectivity index (χ2n) is 15.5. The molecule has 2 atom stereocenters. The Balaban J connectivity index is 2.07. The van der Waals surface area contributed by atoms with Gasteiger partial charge in [0.15, 0.2) is 0 Å². The van der Waals surface area contributed by atoms with Crippen LogP contribution in [0, 0.1) is 10.8 Å². The van der Waals surface area contributed by atoms with Gasteiger partial charge in [-0.25, -0.2) is 0 Å². The van der Waals surface area contributed by atoms with Crippen LogP contribution in [-0.4, -0.2) is 42.2 Å². The van der Waals surface area contributed by atoms with Gasteiger partial charge in [-0.2, -0.15) is 0 Å². The number of benzene rings is 2. The van der Waals surface area contributed by atoms with Crippen molar-refractivity contribution in [1.29, 1.82) is 0 Å². The summed E-state index contributed by atoms with van der Waals surface area (Å²) in [5.41, 5.74) is 1.16. The average Bonchev–Trinajstić information content (AvgIpc) is 2.90. The van der Waals surface area contributed by atoms with Crippen molar-refractivity contribution in [3.05, 3.63) is 71.8 Å². The van der Waals surface area contributed by atoms with Gasteiger partial charge in [0, 0.05) is 25.0 Å². The summed E-state index contributed by atoms with van der Waals surface area (Å²) in [6, 6.07) is 21.2. The minimum Gasteiger partial charge on any atom is -0.375 e. The number of hydrogen-bond donors (Lipinski definition) is 0. The summed E-state index contributed by atoms with van der Waals surface area (Å²) in [5, 5.41) is 0. The van der Waals surface area contributed by atoms with E-state index < -0.39 is 5.60 Å². The zero-order valence-corrected chi connectivity index (χ0v) is 29.9. The third kappa shape index (κ3) is 11.3. The fourth-order valence-corrected chi connectivity index (χ4v) is 5.30. The molecule has 0 N–H and O–H groups in total. The lowest BCUT2D eigenvalue weighted by Crippen LogP contribution is -2.50. The van der Waals surface area contributed by atoms with Crippen LogP contribution in [0.1, 0.15) is 127 Å². The number of rotatable bonds is 19. The summed E-state index contributed by atoms with van der Waals surface area (Å²) >= 11 is 0. The zero-order valence-electron chi connectivity index (χ0n) is 29.9. The van der Waals surface area contributed by atoms with Crippen LogP contribution in [0.15, 0.2) is 60.7 Å². The van der Waals surface area contributed by atoms with E-state index >= 15 is 0 Å². The van der Waals surface area contributed by atoms with Gasteiger partial charge in [0.2, 0.25) is 0 Å². The first-order valence-corrected chi connectivity index (χ1v) is 16.5. The summed E-state index contributed by atoms with van der Waals surface area (Å²) in [4.78, 5) is 0. The van der Waals surface area contributed by atoms with E-state index in [0.29, 0.717) is 6.61 Å². The van der Waals surface area contributed by atoms with Crippen molar-refractivity contribution in [1.82, 2.24) is 0 Å². The van der Waals surface area contributed by atoms with Gasteiger partial charge in [-0.1, -0.05) is 88.4 Å². The predicted octanol–water partition coefficient (Wildman–Crippen LogP) is 10.4. The molecule has 0 heterocycles. The van der Waals surface area contributed by atoms with Crippen LogP contribution in [0.25, 0.3) is 0 Å². The van der Waals surface area contributed by atoms with E-state index in [-0.39, 0.29) is 40.3 Å². The Morgan fingerprint density at radius 1 is 0.651 bits per heavy atom. The molecule has 0 fully saturated rings. The molecule has 244 valence electrons. The maximum atomic E-state index is 7.08. The summed E-state index contributed by atoms with van der Waals surface area (Å²) in [6.45, 7) is 30.0. The van der Waals surface area contributed by atoms with Crippen LogP contribution < -0.4 is 0 Å². The highest BCUT2D eigenvalue weighted by atomic mass is 16.5. The van der Waals surface area contributed by atoms with Crippen molar-refractivity contribution in [3.8, 4) is 0 Å². The third-order valence-corrected chi connectivity index (χ3v) is 10.1. The molecule has 2 unspecified atom stereocenters. The maximum Gasteiger partial charge on any atom is 0.0859 e. The zero-order chi connectivity index (χ0) is 32.5. The second kappa shape index (κ2) is 15.5. The molecule has 2 aromatic rings. The highest BCUT2D eigenvalue weighted by molar-refractivity contribution is 5.19. The second-order valence-corrected chi connectivity index (χ2v) is 15.5. The molecule has 0 aromatic heterocycles. The lowest BCUT2D eigenvalue weighted by Gasteiger charge is -2.47. The molecule has 2 aromatic carbocycles. The number of ether oxygens (including phenoxy) is 4. The molecule has 0 aliphatic heterocycles. The summed E-state index contributed by atoms with van der Waals surface area (Å²) in [7, 11) is 0. The van der Waals surface area contributed by atoms with Gasteiger partial charge < -0.3 is 18.9 Å². The Labute approximate surface area is 265 Å². The van der Waals surface area contributed by atoms with Crippen LogP contribution in [0.4, 0.5) is 0 Å². The van der Waals surface area contributed by atoms with E-state index in [1.54, 1.807) is 0 Å². The van der Waals surface area contributed by atoms with Gasteiger partial charge in [0.25, 0.3) is 0 Å². The van der Waals surface area contributed by atoms with E-state index in [1.807, 2.05) is 0 Å². The maximum absolute atomic E-state index is 7.08. The summed E-state index contributed by atoms with van der Waals surface area (Å²) in [5.74, 6) is 0.